The van der Waals surface area contributed by atoms with Gasteiger partial charge < -0.3 is 20.4 Å². The molecule has 4 nitrogen and oxygen atoms in total. The normalized spacial score (nSPS) is 15.1. The van der Waals surface area contributed by atoms with Gasteiger partial charge in [0.15, 0.2) is 0 Å². The standard InChI is InChI=1S/2C15H28O.C15H28.2C14H26O.2C14H26/c2*1-6-7-8-9-10-13(2)14(16)11-12-15(3,4)5;1-6-7-8-9-11-14(2)12-10-13-15(3,4)5;2*1-6-7-8-9-12(2)13(15)10-11-14(3,4)5;2*1-6-7-8-10-13(2)11-9-12-14(3,4)5/h2*7-8,10,14,16H,6,9,11-12H2,1-5H3;7-8,12H,6,9-11,13H2,1-5H3;2*6-7,9,13,15H,8,10-11H2,1-5H3;6-7,11H,8-10,12H2,1-5H3;6-7,10H,8-9,11-12H2,1-5H3/b8-7+,13-10+;8-7+,13-10-;8-7+,14-12+;7-6+,12-9+;7-6+,12-9-;7-6+,13-11+;7-6+,13-10-. The van der Waals surface area contributed by atoms with Crippen molar-refractivity contribution in [3.05, 3.63) is 167 Å². The molecule has 0 radical (unpaired) electrons. The minimum atomic E-state index is -0.269. The van der Waals surface area contributed by atoms with Gasteiger partial charge in [-0.1, -0.05) is 310 Å². The molecule has 0 aromatic carbocycles. The van der Waals surface area contributed by atoms with Crippen LogP contribution in [-0.4, -0.2) is 44.8 Å². The van der Waals surface area contributed by atoms with Gasteiger partial charge in [-0.15, -0.1) is 0 Å². The summed E-state index contributed by atoms with van der Waals surface area (Å²) in [6.07, 6.45) is 74.2. The predicted octanol–water partition coefficient (Wildman–Crippen LogP) is 32.9. The van der Waals surface area contributed by atoms with Gasteiger partial charge in [0.05, 0.1) is 24.4 Å². The first-order valence-electron chi connectivity index (χ1n) is 42.1. The quantitative estimate of drug-likeness (QED) is 0.0465. The van der Waals surface area contributed by atoms with Crippen LogP contribution in [0.2, 0.25) is 0 Å². The number of hydrogen-bond donors (Lipinski definition) is 4. The number of hydrogen-bond acceptors (Lipinski definition) is 4. The summed E-state index contributed by atoms with van der Waals surface area (Å²) in [5.41, 5.74) is 11.7. The molecule has 0 aliphatic heterocycles. The number of aliphatic hydroxyl groups excluding tert-OH is 4. The lowest BCUT2D eigenvalue weighted by atomic mass is 9.88. The third-order valence-electron chi connectivity index (χ3n) is 17.5. The second-order valence-electron chi connectivity index (χ2n) is 38.2. The van der Waals surface area contributed by atoms with Crippen molar-refractivity contribution in [2.24, 2.45) is 37.9 Å². The molecule has 0 aromatic heterocycles. The molecule has 105 heavy (non-hydrogen) atoms. The molecule has 0 bridgehead atoms. The second-order valence-corrected chi connectivity index (χ2v) is 38.2. The van der Waals surface area contributed by atoms with Gasteiger partial charge in [-0.3, -0.25) is 0 Å². The highest BCUT2D eigenvalue weighted by atomic mass is 16.3. The van der Waals surface area contributed by atoms with Gasteiger partial charge in [-0.05, 0) is 310 Å². The average Bonchev–Trinajstić information content (AvgIpc) is 0.971. The minimum Gasteiger partial charge on any atom is -0.389 e. The van der Waals surface area contributed by atoms with Gasteiger partial charge >= 0.3 is 0 Å². The maximum Gasteiger partial charge on any atom is 0.0747 e. The Morgan fingerprint density at radius 1 is 0.248 bits per heavy atom. The molecule has 0 amide bonds. The Morgan fingerprint density at radius 2 is 0.476 bits per heavy atom. The van der Waals surface area contributed by atoms with E-state index in [1.807, 2.05) is 53.7 Å². The topological polar surface area (TPSA) is 80.9 Å². The highest BCUT2D eigenvalue weighted by molar-refractivity contribution is 5.11. The van der Waals surface area contributed by atoms with Crippen LogP contribution in [0, 0.1) is 37.9 Å². The van der Waals surface area contributed by atoms with Crippen molar-refractivity contribution in [2.45, 2.75) is 440 Å². The second kappa shape index (κ2) is 69.4. The summed E-state index contributed by atoms with van der Waals surface area (Å²) < 4.78 is 0. The van der Waals surface area contributed by atoms with Crippen molar-refractivity contribution >= 4 is 0 Å². The van der Waals surface area contributed by atoms with Crippen LogP contribution in [0.1, 0.15) is 416 Å². The maximum atomic E-state index is 9.95. The molecule has 0 rings (SSSR count). The summed E-state index contributed by atoms with van der Waals surface area (Å²) in [7, 11) is 0. The largest absolute Gasteiger partial charge is 0.389 e. The van der Waals surface area contributed by atoms with Crippen LogP contribution in [-0.2, 0) is 0 Å². The van der Waals surface area contributed by atoms with Crippen molar-refractivity contribution < 1.29 is 20.4 Å². The third-order valence-corrected chi connectivity index (χ3v) is 17.5. The van der Waals surface area contributed by atoms with E-state index in [4.69, 9.17) is 0 Å². The third kappa shape index (κ3) is 107. The zero-order valence-electron chi connectivity index (χ0n) is 77.3. The van der Waals surface area contributed by atoms with E-state index in [1.54, 1.807) is 5.57 Å². The molecule has 4 N–H and O–H groups in total. The van der Waals surface area contributed by atoms with E-state index < -0.39 is 0 Å². The van der Waals surface area contributed by atoms with E-state index in [1.165, 1.54) is 81.8 Å². The first kappa shape index (κ1) is 115. The Kier molecular flexibility index (Phi) is 75.7. The molecule has 0 heterocycles. The SMILES string of the molecule is C/C=C/C/C=C(/C)C(O)CCC(C)(C)C.C/C=C/C/C=C(/C)CCCC(C)(C)C.C/C=C/C/C=C(\C)C(O)CCC(C)(C)C.C/C=C/CC/C(C)=C/CCC(C)(C)C.CC/C=C/C/C=C(/C)C(O)CCC(C)(C)C.CC/C=C/C/C=C(\C)C(O)CCC(C)(C)C.CC/C=C/CC/C(C)=C/CCC(C)(C)C. The smallest absolute Gasteiger partial charge is 0.0747 e. The van der Waals surface area contributed by atoms with Crippen LogP contribution in [0.15, 0.2) is 167 Å². The molecule has 0 saturated heterocycles. The summed E-state index contributed by atoms with van der Waals surface area (Å²) in [5, 5.41) is 39.7. The van der Waals surface area contributed by atoms with Crippen molar-refractivity contribution in [2.75, 3.05) is 0 Å². The molecule has 616 valence electrons. The van der Waals surface area contributed by atoms with E-state index >= 15 is 0 Å². The molecule has 0 aliphatic rings. The molecule has 0 aliphatic carbocycles. The van der Waals surface area contributed by atoms with Crippen molar-refractivity contribution in [3.8, 4) is 0 Å². The van der Waals surface area contributed by atoms with E-state index in [9.17, 15) is 20.4 Å². The van der Waals surface area contributed by atoms with Crippen molar-refractivity contribution in [3.63, 3.8) is 0 Å². The Morgan fingerprint density at radius 3 is 0.724 bits per heavy atom. The fourth-order valence-corrected chi connectivity index (χ4v) is 9.73. The molecule has 0 aromatic rings. The predicted molar refractivity (Wildman–Crippen MR) is 485 cm³/mol. The van der Waals surface area contributed by atoms with Crippen molar-refractivity contribution in [1.29, 1.82) is 0 Å². The molecule has 4 unspecified atom stereocenters. The lowest BCUT2D eigenvalue weighted by molar-refractivity contribution is 0.177. The van der Waals surface area contributed by atoms with E-state index in [0.29, 0.717) is 37.9 Å². The maximum absolute atomic E-state index is 9.95. The fourth-order valence-electron chi connectivity index (χ4n) is 9.73. The molecular formula is C101H188O4. The lowest BCUT2D eigenvalue weighted by Gasteiger charge is -2.20. The molecule has 0 fully saturated rings. The molecule has 4 atom stereocenters. The summed E-state index contributed by atoms with van der Waals surface area (Å²) in [6, 6.07) is 0. The number of allylic oxidation sites excluding steroid dienone is 24. The van der Waals surface area contributed by atoms with E-state index in [-0.39, 0.29) is 24.4 Å². The molecule has 0 spiro atoms. The lowest BCUT2D eigenvalue weighted by Crippen LogP contribution is -2.13. The fraction of sp³-hybridized carbons (Fsp3) is 0.723. The summed E-state index contributed by atoms with van der Waals surface area (Å²) in [5.74, 6) is 0. The zero-order valence-corrected chi connectivity index (χ0v) is 77.3. The van der Waals surface area contributed by atoms with Gasteiger partial charge in [0, 0.05) is 0 Å². The minimum absolute atomic E-state index is 0.269. The Bertz CT molecular complexity index is 2340. The number of rotatable bonds is 38. The highest BCUT2D eigenvalue weighted by Crippen LogP contribution is 2.29. The van der Waals surface area contributed by atoms with Gasteiger partial charge in [-0.25, -0.2) is 0 Å². The first-order valence-corrected chi connectivity index (χ1v) is 42.1. The summed E-state index contributed by atoms with van der Waals surface area (Å²) >= 11 is 0. The van der Waals surface area contributed by atoms with Crippen LogP contribution < -0.4 is 0 Å². The Balaban J connectivity index is -0.000000214. The zero-order chi connectivity index (χ0) is 82.8. The van der Waals surface area contributed by atoms with Crippen LogP contribution in [0.4, 0.5) is 0 Å². The van der Waals surface area contributed by atoms with Gasteiger partial charge in [-0.2, -0.15) is 0 Å². The summed E-state index contributed by atoms with van der Waals surface area (Å²) in [4.78, 5) is 0. The Hall–Kier alpha value is -3.80. The van der Waals surface area contributed by atoms with Gasteiger partial charge in [0.1, 0.15) is 0 Å². The first-order chi connectivity index (χ1) is 48.3. The highest BCUT2D eigenvalue weighted by Gasteiger charge is 2.18. The van der Waals surface area contributed by atoms with Gasteiger partial charge in [0.2, 0.25) is 0 Å². The molecule has 0 saturated carbocycles. The van der Waals surface area contributed by atoms with Crippen LogP contribution >= 0.6 is 0 Å². The van der Waals surface area contributed by atoms with Crippen LogP contribution in [0.3, 0.4) is 0 Å². The molecular weight excluding hydrogens is 1280 g/mol. The van der Waals surface area contributed by atoms with Gasteiger partial charge in [0.25, 0.3) is 0 Å². The monoisotopic (exact) mass is 1470 g/mol. The number of aliphatic hydroxyl groups is 4. The average molecular weight is 1470 g/mol. The van der Waals surface area contributed by atoms with Crippen LogP contribution in [0.5, 0.6) is 0 Å². The Labute approximate surface area is 661 Å². The molecule has 4 heteroatoms. The van der Waals surface area contributed by atoms with Crippen molar-refractivity contribution in [1.82, 2.24) is 0 Å². The van der Waals surface area contributed by atoms with Crippen LogP contribution in [0.25, 0.3) is 0 Å². The van der Waals surface area contributed by atoms with E-state index in [0.717, 1.165) is 125 Å². The van der Waals surface area contributed by atoms with E-state index in [2.05, 4.69) is 316 Å². The summed E-state index contributed by atoms with van der Waals surface area (Å²) in [6.45, 7) is 76.7.